The Kier molecular flexibility index (Phi) is 8.87. The lowest BCUT2D eigenvalue weighted by molar-refractivity contribution is -0.126. The van der Waals surface area contributed by atoms with Gasteiger partial charge in [0.25, 0.3) is 0 Å². The standard InChI is InChI=1S/C32H37N3O4S/c1-39-31-14-13-29(40(37,38)35-18-16-28(17-19-35)24-27-10-6-3-7-11-27)25-30(31)33-20-22-34(23-21-33)32(36)15-12-26-8-4-2-5-9-26/h2-15,25,28H,16-24H2,1H3/b15-12+. The maximum absolute atomic E-state index is 13.6. The first-order valence-corrected chi connectivity index (χ1v) is 15.4. The fourth-order valence-electron chi connectivity index (χ4n) is 5.53. The van der Waals surface area contributed by atoms with E-state index in [0.29, 0.717) is 50.9 Å². The Morgan fingerprint density at radius 3 is 2.17 bits per heavy atom. The van der Waals surface area contributed by atoms with Crippen LogP contribution in [0.25, 0.3) is 6.08 Å². The molecule has 3 aromatic rings. The molecule has 2 aliphatic heterocycles. The Bertz CT molecular complexity index is 1410. The number of amides is 1. The van der Waals surface area contributed by atoms with Crippen molar-refractivity contribution in [2.75, 3.05) is 51.3 Å². The monoisotopic (exact) mass is 559 g/mol. The normalized spacial score (nSPS) is 17.3. The lowest BCUT2D eigenvalue weighted by Gasteiger charge is -2.36. The lowest BCUT2D eigenvalue weighted by Crippen LogP contribution is -2.48. The van der Waals surface area contributed by atoms with Gasteiger partial charge in [0.2, 0.25) is 15.9 Å². The third-order valence-corrected chi connectivity index (χ3v) is 9.77. The van der Waals surface area contributed by atoms with Crippen LogP contribution in [0.4, 0.5) is 5.69 Å². The summed E-state index contributed by atoms with van der Waals surface area (Å²) in [6.45, 7) is 3.34. The molecule has 40 heavy (non-hydrogen) atoms. The number of benzene rings is 3. The van der Waals surface area contributed by atoms with Gasteiger partial charge in [-0.05, 0) is 60.6 Å². The molecule has 2 aliphatic rings. The van der Waals surface area contributed by atoms with Crippen molar-refractivity contribution >= 4 is 27.7 Å². The maximum atomic E-state index is 13.6. The number of methoxy groups -OCH3 is 1. The summed E-state index contributed by atoms with van der Waals surface area (Å²) in [5.74, 6) is 1.09. The van der Waals surface area contributed by atoms with Crippen molar-refractivity contribution < 1.29 is 17.9 Å². The number of anilines is 1. The van der Waals surface area contributed by atoms with Crippen LogP contribution in [0, 0.1) is 5.92 Å². The molecule has 0 aliphatic carbocycles. The van der Waals surface area contributed by atoms with Crippen molar-refractivity contribution in [2.45, 2.75) is 24.2 Å². The van der Waals surface area contributed by atoms with E-state index in [4.69, 9.17) is 4.74 Å². The molecule has 3 aromatic carbocycles. The highest BCUT2D eigenvalue weighted by molar-refractivity contribution is 7.89. The van der Waals surface area contributed by atoms with E-state index in [1.54, 1.807) is 35.7 Å². The van der Waals surface area contributed by atoms with Crippen LogP contribution < -0.4 is 9.64 Å². The van der Waals surface area contributed by atoms with E-state index < -0.39 is 10.0 Å². The predicted octanol–water partition coefficient (Wildman–Crippen LogP) is 4.70. The van der Waals surface area contributed by atoms with Crippen LogP contribution in [0.1, 0.15) is 24.0 Å². The molecule has 0 saturated carbocycles. The van der Waals surface area contributed by atoms with Crippen LogP contribution in [0.15, 0.2) is 89.8 Å². The molecule has 0 N–H and O–H groups in total. The molecule has 0 aromatic heterocycles. The van der Waals surface area contributed by atoms with Crippen LogP contribution in [0.2, 0.25) is 0 Å². The predicted molar refractivity (Wildman–Crippen MR) is 159 cm³/mol. The van der Waals surface area contributed by atoms with Gasteiger partial charge in [0.1, 0.15) is 5.75 Å². The average Bonchev–Trinajstić information content (AvgIpc) is 3.01. The minimum Gasteiger partial charge on any atom is -0.495 e. The smallest absolute Gasteiger partial charge is 0.246 e. The quantitative estimate of drug-likeness (QED) is 0.374. The summed E-state index contributed by atoms with van der Waals surface area (Å²) >= 11 is 0. The minimum absolute atomic E-state index is 0.0255. The third kappa shape index (κ3) is 6.57. The summed E-state index contributed by atoms with van der Waals surface area (Å²) in [5.41, 5.74) is 3.03. The Morgan fingerprint density at radius 2 is 1.52 bits per heavy atom. The average molecular weight is 560 g/mol. The van der Waals surface area contributed by atoms with Crippen LogP contribution in [0.3, 0.4) is 0 Å². The molecule has 5 rings (SSSR count). The summed E-state index contributed by atoms with van der Waals surface area (Å²) in [5, 5.41) is 0. The molecule has 0 atom stereocenters. The Balaban J connectivity index is 1.22. The highest BCUT2D eigenvalue weighted by Crippen LogP contribution is 2.34. The van der Waals surface area contributed by atoms with Crippen LogP contribution in [0.5, 0.6) is 5.75 Å². The second kappa shape index (κ2) is 12.7. The highest BCUT2D eigenvalue weighted by Gasteiger charge is 2.31. The molecule has 0 radical (unpaired) electrons. The van der Waals surface area contributed by atoms with Crippen LogP contribution in [-0.4, -0.2) is 69.9 Å². The number of sulfonamides is 1. The Labute approximate surface area is 237 Å². The van der Waals surface area contributed by atoms with Crippen molar-refractivity contribution in [1.29, 1.82) is 0 Å². The molecule has 7 nitrogen and oxygen atoms in total. The number of hydrogen-bond donors (Lipinski definition) is 0. The summed E-state index contributed by atoms with van der Waals surface area (Å²) in [6.07, 6.45) is 6.13. The fourth-order valence-corrected chi connectivity index (χ4v) is 7.02. The van der Waals surface area contributed by atoms with Gasteiger partial charge in [0.05, 0.1) is 17.7 Å². The van der Waals surface area contributed by atoms with Gasteiger partial charge in [0, 0.05) is 45.3 Å². The number of piperazine rings is 1. The SMILES string of the molecule is COc1ccc(S(=O)(=O)N2CCC(Cc3ccccc3)CC2)cc1N1CCN(C(=O)/C=C/c2ccccc2)CC1. The van der Waals surface area contributed by atoms with E-state index in [-0.39, 0.29) is 10.8 Å². The molecule has 2 saturated heterocycles. The Morgan fingerprint density at radius 1 is 0.875 bits per heavy atom. The van der Waals surface area contributed by atoms with Gasteiger partial charge >= 0.3 is 0 Å². The van der Waals surface area contributed by atoms with Crippen molar-refractivity contribution in [1.82, 2.24) is 9.21 Å². The van der Waals surface area contributed by atoms with E-state index in [9.17, 15) is 13.2 Å². The molecule has 2 fully saturated rings. The summed E-state index contributed by atoms with van der Waals surface area (Å²) in [7, 11) is -2.03. The van der Waals surface area contributed by atoms with Gasteiger partial charge in [0.15, 0.2) is 0 Å². The van der Waals surface area contributed by atoms with E-state index in [1.165, 1.54) is 5.56 Å². The Hall–Kier alpha value is -3.62. The summed E-state index contributed by atoms with van der Waals surface area (Å²) < 4.78 is 34.5. The third-order valence-electron chi connectivity index (χ3n) is 7.88. The van der Waals surface area contributed by atoms with Crippen molar-refractivity contribution in [2.24, 2.45) is 5.92 Å². The van der Waals surface area contributed by atoms with Gasteiger partial charge in [-0.3, -0.25) is 4.79 Å². The summed E-state index contributed by atoms with van der Waals surface area (Å²) in [4.78, 5) is 16.9. The molecule has 210 valence electrons. The number of piperidine rings is 1. The molecule has 1 amide bonds. The molecule has 2 heterocycles. The molecule has 8 heteroatoms. The number of ether oxygens (including phenoxy) is 1. The van der Waals surface area contributed by atoms with E-state index in [1.807, 2.05) is 47.4 Å². The second-order valence-corrected chi connectivity index (χ2v) is 12.4. The minimum atomic E-state index is -3.62. The molecular weight excluding hydrogens is 522 g/mol. The lowest BCUT2D eigenvalue weighted by atomic mass is 9.91. The first-order valence-electron chi connectivity index (χ1n) is 13.9. The molecule has 0 unspecified atom stereocenters. The first-order chi connectivity index (χ1) is 19.4. The molecular formula is C32H37N3O4S. The number of nitrogens with zero attached hydrogens (tertiary/aromatic N) is 3. The molecule has 0 spiro atoms. The van der Waals surface area contributed by atoms with Gasteiger partial charge < -0.3 is 14.5 Å². The zero-order valence-electron chi connectivity index (χ0n) is 23.0. The van der Waals surface area contributed by atoms with Crippen LogP contribution >= 0.6 is 0 Å². The fraction of sp³-hybridized carbons (Fsp3) is 0.344. The topological polar surface area (TPSA) is 70.2 Å². The number of carbonyl (C=O) groups excluding carboxylic acids is 1. The summed E-state index contributed by atoms with van der Waals surface area (Å²) in [6, 6.07) is 25.3. The van der Waals surface area contributed by atoms with Crippen molar-refractivity contribution in [3.8, 4) is 5.75 Å². The van der Waals surface area contributed by atoms with E-state index in [0.717, 1.165) is 30.5 Å². The molecule has 0 bridgehead atoms. The number of hydrogen-bond acceptors (Lipinski definition) is 5. The zero-order valence-corrected chi connectivity index (χ0v) is 23.8. The van der Waals surface area contributed by atoms with Crippen molar-refractivity contribution in [3.05, 3.63) is 96.1 Å². The second-order valence-electron chi connectivity index (χ2n) is 10.4. The van der Waals surface area contributed by atoms with Crippen molar-refractivity contribution in [3.63, 3.8) is 0 Å². The largest absolute Gasteiger partial charge is 0.495 e. The van der Waals surface area contributed by atoms with E-state index in [2.05, 4.69) is 29.2 Å². The van der Waals surface area contributed by atoms with Gasteiger partial charge in [-0.1, -0.05) is 60.7 Å². The van der Waals surface area contributed by atoms with Gasteiger partial charge in [-0.2, -0.15) is 4.31 Å². The highest BCUT2D eigenvalue weighted by atomic mass is 32.2. The van der Waals surface area contributed by atoms with Crippen LogP contribution in [-0.2, 0) is 21.2 Å². The maximum Gasteiger partial charge on any atom is 0.246 e. The number of carbonyl (C=O) groups is 1. The first kappa shape index (κ1) is 27.9. The van der Waals surface area contributed by atoms with E-state index >= 15 is 0 Å². The number of rotatable bonds is 8. The zero-order chi connectivity index (χ0) is 28.0. The van der Waals surface area contributed by atoms with Gasteiger partial charge in [-0.25, -0.2) is 8.42 Å². The van der Waals surface area contributed by atoms with Gasteiger partial charge in [-0.15, -0.1) is 0 Å².